The summed E-state index contributed by atoms with van der Waals surface area (Å²) < 4.78 is 5.47. The van der Waals surface area contributed by atoms with Gasteiger partial charge in [0.25, 0.3) is 0 Å². The number of benzene rings is 1. The lowest BCUT2D eigenvalue weighted by Crippen LogP contribution is -2.60. The number of hydrogen-bond acceptors (Lipinski definition) is 5. The van der Waals surface area contributed by atoms with Crippen LogP contribution in [0.3, 0.4) is 0 Å². The molecule has 2 amide bonds. The van der Waals surface area contributed by atoms with E-state index in [2.05, 4.69) is 4.90 Å². The summed E-state index contributed by atoms with van der Waals surface area (Å²) in [5.41, 5.74) is 0.0884. The molecule has 7 heteroatoms. The number of rotatable bonds is 5. The summed E-state index contributed by atoms with van der Waals surface area (Å²) in [6.07, 6.45) is 1.03. The number of carbonyl (C=O) groups is 2. The van der Waals surface area contributed by atoms with Crippen LogP contribution in [0.25, 0.3) is 0 Å². The Morgan fingerprint density at radius 3 is 2.48 bits per heavy atom. The maximum atomic E-state index is 13.2. The summed E-state index contributed by atoms with van der Waals surface area (Å²) in [5, 5.41) is 9.06. The molecule has 0 aromatic heterocycles. The molecule has 27 heavy (non-hydrogen) atoms. The number of β-amino-alcohol motifs (C(OH)–C–C–N with tert-alkyl or cyclic N) is 1. The van der Waals surface area contributed by atoms with Crippen molar-refractivity contribution in [3.63, 3.8) is 0 Å². The molecule has 0 radical (unpaired) electrons. The molecule has 3 rings (SSSR count). The number of likely N-dealkylation sites (tertiary alicyclic amines) is 1. The lowest BCUT2D eigenvalue weighted by molar-refractivity contribution is -0.143. The van der Waals surface area contributed by atoms with Gasteiger partial charge in [-0.05, 0) is 25.3 Å². The van der Waals surface area contributed by atoms with Gasteiger partial charge in [0.15, 0.2) is 0 Å². The number of hydrogen-bond donors (Lipinski definition) is 1. The average molecular weight is 375 g/mol. The molecule has 2 heterocycles. The van der Waals surface area contributed by atoms with Crippen LogP contribution in [0.15, 0.2) is 30.3 Å². The van der Waals surface area contributed by atoms with Crippen LogP contribution in [-0.4, -0.2) is 83.2 Å². The average Bonchev–Trinajstić information content (AvgIpc) is 3.10. The van der Waals surface area contributed by atoms with Crippen LogP contribution in [0.1, 0.15) is 25.3 Å². The molecule has 1 N–H and O–H groups in total. The number of amides is 2. The Labute approximate surface area is 160 Å². The highest BCUT2D eigenvalue weighted by atomic mass is 16.6. The fourth-order valence-electron chi connectivity index (χ4n) is 3.93. The smallest absolute Gasteiger partial charge is 0.410 e. The predicted octanol–water partition coefficient (Wildman–Crippen LogP) is 1.31. The Bertz CT molecular complexity index is 646. The Morgan fingerprint density at radius 2 is 1.81 bits per heavy atom. The first-order valence-corrected chi connectivity index (χ1v) is 9.65. The van der Waals surface area contributed by atoms with Crippen LogP contribution in [0.2, 0.25) is 0 Å². The number of ether oxygens (including phenoxy) is 1. The molecular formula is C20H29N3O4. The van der Waals surface area contributed by atoms with Crippen molar-refractivity contribution in [3.8, 4) is 0 Å². The summed E-state index contributed by atoms with van der Waals surface area (Å²) >= 11 is 0. The first-order valence-electron chi connectivity index (χ1n) is 9.65. The lowest BCUT2D eigenvalue weighted by atomic mass is 9.96. The maximum Gasteiger partial charge on any atom is 0.410 e. The third-order valence-electron chi connectivity index (χ3n) is 5.60. The SMILES string of the molecule is CC1(C(=O)N2CCN(CCO)CC2)CCCN1C(=O)OCc1ccccc1. The van der Waals surface area contributed by atoms with E-state index in [1.54, 1.807) is 4.90 Å². The molecule has 0 saturated carbocycles. The number of aliphatic hydroxyl groups excluding tert-OH is 1. The number of aliphatic hydroxyl groups is 1. The minimum Gasteiger partial charge on any atom is -0.445 e. The molecule has 0 spiro atoms. The third kappa shape index (κ3) is 4.42. The molecule has 2 saturated heterocycles. The summed E-state index contributed by atoms with van der Waals surface area (Å²) in [5.74, 6) is 0.000287. The molecular weight excluding hydrogens is 346 g/mol. The standard InChI is InChI=1S/C20H29N3O4/c1-20(18(25)22-12-10-21(11-13-22)14-15-24)8-5-9-23(20)19(26)27-16-17-6-3-2-4-7-17/h2-4,6-7,24H,5,8-16H2,1H3. The van der Waals surface area contributed by atoms with E-state index in [4.69, 9.17) is 9.84 Å². The summed E-state index contributed by atoms with van der Waals surface area (Å²) in [7, 11) is 0. The van der Waals surface area contributed by atoms with Gasteiger partial charge < -0.3 is 14.7 Å². The van der Waals surface area contributed by atoms with E-state index in [0.29, 0.717) is 32.6 Å². The van der Waals surface area contributed by atoms with E-state index in [0.717, 1.165) is 25.1 Å². The van der Waals surface area contributed by atoms with E-state index in [1.165, 1.54) is 0 Å². The molecule has 0 aliphatic carbocycles. The van der Waals surface area contributed by atoms with Gasteiger partial charge in [0.2, 0.25) is 5.91 Å². The molecule has 2 aliphatic rings. The number of carbonyl (C=O) groups excluding carboxylic acids is 2. The van der Waals surface area contributed by atoms with Crippen molar-refractivity contribution in [1.29, 1.82) is 0 Å². The number of nitrogens with zero attached hydrogens (tertiary/aromatic N) is 3. The molecule has 1 atom stereocenters. The Morgan fingerprint density at radius 1 is 1.11 bits per heavy atom. The monoisotopic (exact) mass is 375 g/mol. The highest BCUT2D eigenvalue weighted by Gasteiger charge is 2.48. The van der Waals surface area contributed by atoms with Gasteiger partial charge in [-0.1, -0.05) is 30.3 Å². The molecule has 2 fully saturated rings. The zero-order valence-electron chi connectivity index (χ0n) is 16.0. The van der Waals surface area contributed by atoms with Gasteiger partial charge in [-0.2, -0.15) is 0 Å². The maximum absolute atomic E-state index is 13.2. The second-order valence-electron chi connectivity index (χ2n) is 7.43. The van der Waals surface area contributed by atoms with Gasteiger partial charge in [0.05, 0.1) is 6.61 Å². The molecule has 7 nitrogen and oxygen atoms in total. The van der Waals surface area contributed by atoms with E-state index in [-0.39, 0.29) is 19.1 Å². The summed E-state index contributed by atoms with van der Waals surface area (Å²) in [6, 6.07) is 9.55. The fourth-order valence-corrected chi connectivity index (χ4v) is 3.93. The molecule has 1 aromatic carbocycles. The normalized spacial score (nSPS) is 23.5. The van der Waals surface area contributed by atoms with E-state index in [9.17, 15) is 9.59 Å². The van der Waals surface area contributed by atoms with Crippen molar-refractivity contribution >= 4 is 12.0 Å². The zero-order chi connectivity index (χ0) is 19.3. The van der Waals surface area contributed by atoms with Gasteiger partial charge in [-0.15, -0.1) is 0 Å². The molecule has 2 aliphatic heterocycles. The number of piperazine rings is 1. The largest absolute Gasteiger partial charge is 0.445 e. The Hall–Kier alpha value is -2.12. The van der Waals surface area contributed by atoms with Crippen LogP contribution < -0.4 is 0 Å². The van der Waals surface area contributed by atoms with Crippen LogP contribution in [-0.2, 0) is 16.1 Å². The lowest BCUT2D eigenvalue weighted by Gasteiger charge is -2.41. The zero-order valence-corrected chi connectivity index (χ0v) is 16.0. The highest BCUT2D eigenvalue weighted by Crippen LogP contribution is 2.32. The van der Waals surface area contributed by atoms with Gasteiger partial charge in [0.1, 0.15) is 12.1 Å². The molecule has 1 unspecified atom stereocenters. The highest BCUT2D eigenvalue weighted by molar-refractivity contribution is 5.90. The van der Waals surface area contributed by atoms with E-state index in [1.807, 2.05) is 42.2 Å². The Kier molecular flexibility index (Phi) is 6.34. The van der Waals surface area contributed by atoms with Gasteiger partial charge in [-0.25, -0.2) is 4.79 Å². The second kappa shape index (κ2) is 8.71. The van der Waals surface area contributed by atoms with E-state index >= 15 is 0 Å². The quantitative estimate of drug-likeness (QED) is 0.840. The van der Waals surface area contributed by atoms with E-state index < -0.39 is 11.6 Å². The van der Waals surface area contributed by atoms with Crippen LogP contribution in [0.4, 0.5) is 4.79 Å². The Balaban J connectivity index is 1.59. The predicted molar refractivity (Wildman–Crippen MR) is 101 cm³/mol. The van der Waals surface area contributed by atoms with Crippen molar-refractivity contribution in [1.82, 2.24) is 14.7 Å². The van der Waals surface area contributed by atoms with Crippen molar-refractivity contribution in [2.24, 2.45) is 0 Å². The van der Waals surface area contributed by atoms with Crippen LogP contribution in [0.5, 0.6) is 0 Å². The molecule has 148 valence electrons. The van der Waals surface area contributed by atoms with Crippen molar-refractivity contribution in [2.45, 2.75) is 31.9 Å². The van der Waals surface area contributed by atoms with Crippen LogP contribution >= 0.6 is 0 Å². The third-order valence-corrected chi connectivity index (χ3v) is 5.60. The minimum atomic E-state index is -0.840. The van der Waals surface area contributed by atoms with Crippen LogP contribution in [0, 0.1) is 0 Å². The summed E-state index contributed by atoms with van der Waals surface area (Å²) in [6.45, 7) is 6.13. The van der Waals surface area contributed by atoms with Gasteiger partial charge in [0, 0.05) is 39.3 Å². The molecule has 1 aromatic rings. The minimum absolute atomic E-state index is 0.000287. The first-order chi connectivity index (χ1) is 13.0. The van der Waals surface area contributed by atoms with Crippen molar-refractivity contribution in [2.75, 3.05) is 45.9 Å². The van der Waals surface area contributed by atoms with Crippen molar-refractivity contribution < 1.29 is 19.4 Å². The van der Waals surface area contributed by atoms with Crippen molar-refractivity contribution in [3.05, 3.63) is 35.9 Å². The van der Waals surface area contributed by atoms with Gasteiger partial charge >= 0.3 is 6.09 Å². The fraction of sp³-hybridized carbons (Fsp3) is 0.600. The topological polar surface area (TPSA) is 73.3 Å². The van der Waals surface area contributed by atoms with Gasteiger partial charge in [-0.3, -0.25) is 14.6 Å². The molecule has 0 bridgehead atoms. The summed E-state index contributed by atoms with van der Waals surface area (Å²) in [4.78, 5) is 31.4. The first kappa shape index (κ1) is 19.6. The second-order valence-corrected chi connectivity index (χ2v) is 7.43.